The zero-order valence-corrected chi connectivity index (χ0v) is 16.4. The maximum absolute atomic E-state index is 12.3. The number of fused-ring (bicyclic) bond motifs is 1. The van der Waals surface area contributed by atoms with Crippen molar-refractivity contribution in [1.29, 1.82) is 0 Å². The van der Waals surface area contributed by atoms with Crippen LogP contribution < -0.4 is 10.1 Å². The molecule has 1 aliphatic rings. The van der Waals surface area contributed by atoms with E-state index in [0.717, 1.165) is 4.90 Å². The number of imide groups is 1. The minimum atomic E-state index is -1.15. The number of methoxy groups -OCH3 is 1. The molecule has 0 unspecified atom stereocenters. The van der Waals surface area contributed by atoms with Crippen molar-refractivity contribution >= 4 is 41.0 Å². The largest absolute Gasteiger partial charge is 0.495 e. The van der Waals surface area contributed by atoms with E-state index in [4.69, 9.17) is 21.1 Å². The summed E-state index contributed by atoms with van der Waals surface area (Å²) in [5.41, 5.74) is 0.851. The summed E-state index contributed by atoms with van der Waals surface area (Å²) in [4.78, 5) is 49.8. The number of anilines is 1. The Labute approximate surface area is 171 Å². The number of halogens is 1. The van der Waals surface area contributed by atoms with Crippen LogP contribution in [-0.2, 0) is 14.3 Å². The van der Waals surface area contributed by atoms with Crippen LogP contribution in [0.15, 0.2) is 42.5 Å². The van der Waals surface area contributed by atoms with E-state index >= 15 is 0 Å². The summed E-state index contributed by atoms with van der Waals surface area (Å²) in [5, 5.41) is 2.87. The Morgan fingerprint density at radius 2 is 1.72 bits per heavy atom. The number of nitrogens with zero attached hydrogens (tertiary/aromatic N) is 1. The average molecular weight is 417 g/mol. The lowest BCUT2D eigenvalue weighted by atomic mass is 10.1. The van der Waals surface area contributed by atoms with Gasteiger partial charge in [-0.25, -0.2) is 0 Å². The van der Waals surface area contributed by atoms with Gasteiger partial charge in [-0.1, -0.05) is 23.7 Å². The van der Waals surface area contributed by atoms with Gasteiger partial charge in [0.05, 0.1) is 23.3 Å². The Morgan fingerprint density at radius 1 is 1.10 bits per heavy atom. The highest BCUT2D eigenvalue weighted by atomic mass is 35.5. The fraction of sp³-hybridized carbons (Fsp3) is 0.200. The minimum absolute atomic E-state index is 0.229. The molecule has 2 aromatic carbocycles. The van der Waals surface area contributed by atoms with Gasteiger partial charge in [0, 0.05) is 5.69 Å². The molecule has 1 heterocycles. The molecule has 0 aromatic heterocycles. The van der Waals surface area contributed by atoms with E-state index in [1.165, 1.54) is 32.2 Å². The first-order valence-electron chi connectivity index (χ1n) is 8.61. The number of nitrogens with one attached hydrogen (secondary N) is 1. The monoisotopic (exact) mass is 416 g/mol. The molecule has 3 rings (SSSR count). The van der Waals surface area contributed by atoms with Crippen molar-refractivity contribution in [2.24, 2.45) is 0 Å². The fourth-order valence-corrected chi connectivity index (χ4v) is 3.05. The Hall–Kier alpha value is -3.39. The van der Waals surface area contributed by atoms with Gasteiger partial charge in [-0.05, 0) is 37.3 Å². The van der Waals surface area contributed by atoms with Crippen LogP contribution in [0.3, 0.4) is 0 Å². The third kappa shape index (κ3) is 4.22. The molecule has 1 aliphatic heterocycles. The van der Waals surface area contributed by atoms with Crippen molar-refractivity contribution < 1.29 is 28.7 Å². The molecule has 0 spiro atoms. The van der Waals surface area contributed by atoms with Crippen LogP contribution in [0.1, 0.15) is 27.6 Å². The van der Waals surface area contributed by atoms with Crippen LogP contribution in [0.5, 0.6) is 5.75 Å². The Bertz CT molecular complexity index is 971. The molecule has 1 N–H and O–H groups in total. The van der Waals surface area contributed by atoms with E-state index in [1.807, 2.05) is 0 Å². The van der Waals surface area contributed by atoms with Gasteiger partial charge in [-0.3, -0.25) is 24.1 Å². The van der Waals surface area contributed by atoms with Crippen LogP contribution >= 0.6 is 11.6 Å². The van der Waals surface area contributed by atoms with E-state index in [-0.39, 0.29) is 11.1 Å². The molecule has 1 atom stereocenters. The Kier molecular flexibility index (Phi) is 5.84. The minimum Gasteiger partial charge on any atom is -0.495 e. The summed E-state index contributed by atoms with van der Waals surface area (Å²) in [6.45, 7) is 0.791. The van der Waals surface area contributed by atoms with Crippen molar-refractivity contribution in [1.82, 2.24) is 4.90 Å². The van der Waals surface area contributed by atoms with Gasteiger partial charge in [0.15, 0.2) is 6.10 Å². The van der Waals surface area contributed by atoms with Gasteiger partial charge in [0.25, 0.3) is 17.7 Å². The third-order valence-corrected chi connectivity index (χ3v) is 4.56. The van der Waals surface area contributed by atoms with Crippen LogP contribution in [-0.4, -0.2) is 48.3 Å². The number of ether oxygens (including phenoxy) is 2. The average Bonchev–Trinajstić information content (AvgIpc) is 2.93. The topological polar surface area (TPSA) is 102 Å². The van der Waals surface area contributed by atoms with E-state index in [9.17, 15) is 19.2 Å². The van der Waals surface area contributed by atoms with Crippen molar-refractivity contribution in [2.45, 2.75) is 13.0 Å². The Morgan fingerprint density at radius 3 is 2.28 bits per heavy atom. The number of carbonyl (C=O) groups is 4. The van der Waals surface area contributed by atoms with E-state index in [2.05, 4.69) is 5.32 Å². The molecular weight excluding hydrogens is 400 g/mol. The van der Waals surface area contributed by atoms with Crippen molar-refractivity contribution in [3.63, 3.8) is 0 Å². The molecule has 0 radical (unpaired) electrons. The number of rotatable bonds is 6. The van der Waals surface area contributed by atoms with Gasteiger partial charge in [0.2, 0.25) is 0 Å². The molecule has 2 aromatic rings. The summed E-state index contributed by atoms with van der Waals surface area (Å²) in [6, 6.07) is 10.9. The maximum atomic E-state index is 12.3. The molecular formula is C20H17ClN2O6. The molecule has 0 fully saturated rings. The zero-order chi connectivity index (χ0) is 21.1. The second kappa shape index (κ2) is 8.32. The molecule has 9 heteroatoms. The summed E-state index contributed by atoms with van der Waals surface area (Å²) in [7, 11) is 1.47. The third-order valence-electron chi connectivity index (χ3n) is 4.26. The number of esters is 1. The molecule has 0 saturated carbocycles. The first kappa shape index (κ1) is 20.3. The molecule has 0 bridgehead atoms. The molecule has 29 heavy (non-hydrogen) atoms. The first-order valence-corrected chi connectivity index (χ1v) is 8.98. The second-order valence-electron chi connectivity index (χ2n) is 6.21. The zero-order valence-electron chi connectivity index (χ0n) is 15.6. The van der Waals surface area contributed by atoms with E-state index in [0.29, 0.717) is 16.5 Å². The smallest absolute Gasteiger partial charge is 0.326 e. The first-order chi connectivity index (χ1) is 13.8. The summed E-state index contributed by atoms with van der Waals surface area (Å²) < 4.78 is 10.1. The normalized spacial score (nSPS) is 13.7. The molecule has 3 amide bonds. The molecule has 0 aliphatic carbocycles. The highest BCUT2D eigenvalue weighted by molar-refractivity contribution is 6.32. The quantitative estimate of drug-likeness (QED) is 0.573. The molecule has 150 valence electrons. The van der Waals surface area contributed by atoms with Gasteiger partial charge in [-0.15, -0.1) is 0 Å². The number of hydrogen-bond donors (Lipinski definition) is 1. The SMILES string of the molecule is COc1ccc(NC(=O)[C@H](C)OC(=O)CN2C(=O)c3ccccc3C2=O)cc1Cl. The summed E-state index contributed by atoms with van der Waals surface area (Å²) in [5.74, 6) is -2.18. The summed E-state index contributed by atoms with van der Waals surface area (Å²) in [6.07, 6.45) is -1.15. The number of benzene rings is 2. The number of hydrogen-bond acceptors (Lipinski definition) is 6. The van der Waals surface area contributed by atoms with Gasteiger partial charge < -0.3 is 14.8 Å². The number of amides is 3. The lowest BCUT2D eigenvalue weighted by molar-refractivity contribution is -0.153. The Balaban J connectivity index is 1.58. The molecule has 8 nitrogen and oxygen atoms in total. The van der Waals surface area contributed by atoms with Crippen molar-refractivity contribution in [3.8, 4) is 5.75 Å². The van der Waals surface area contributed by atoms with Crippen LogP contribution in [0.4, 0.5) is 5.69 Å². The summed E-state index contributed by atoms with van der Waals surface area (Å²) >= 11 is 6.01. The van der Waals surface area contributed by atoms with Crippen molar-refractivity contribution in [2.75, 3.05) is 19.0 Å². The van der Waals surface area contributed by atoms with Gasteiger partial charge in [0.1, 0.15) is 12.3 Å². The highest BCUT2D eigenvalue weighted by Gasteiger charge is 2.37. The standard InChI is InChI=1S/C20H17ClN2O6/c1-11(18(25)22-12-7-8-16(28-2)15(21)9-12)29-17(24)10-23-19(26)13-5-3-4-6-14(13)20(23)27/h3-9,11H,10H2,1-2H3,(H,22,25)/t11-/m0/s1. The lowest BCUT2D eigenvalue weighted by Crippen LogP contribution is -2.38. The maximum Gasteiger partial charge on any atom is 0.326 e. The number of carbonyl (C=O) groups excluding carboxylic acids is 4. The van der Waals surface area contributed by atoms with Crippen LogP contribution in [0.2, 0.25) is 5.02 Å². The molecule has 0 saturated heterocycles. The second-order valence-corrected chi connectivity index (χ2v) is 6.62. The van der Waals surface area contributed by atoms with Crippen molar-refractivity contribution in [3.05, 3.63) is 58.6 Å². The lowest BCUT2D eigenvalue weighted by Gasteiger charge is -2.17. The van der Waals surface area contributed by atoms with E-state index in [1.54, 1.807) is 24.3 Å². The predicted octanol–water partition coefficient (Wildman–Crippen LogP) is 2.52. The van der Waals surface area contributed by atoms with Crippen LogP contribution in [0.25, 0.3) is 0 Å². The van der Waals surface area contributed by atoms with Gasteiger partial charge >= 0.3 is 5.97 Å². The van der Waals surface area contributed by atoms with Crippen LogP contribution in [0, 0.1) is 0 Å². The predicted molar refractivity (Wildman–Crippen MR) is 104 cm³/mol. The van der Waals surface area contributed by atoms with Gasteiger partial charge in [-0.2, -0.15) is 0 Å². The fourth-order valence-electron chi connectivity index (χ4n) is 2.79. The van der Waals surface area contributed by atoms with E-state index < -0.39 is 36.3 Å². The highest BCUT2D eigenvalue weighted by Crippen LogP contribution is 2.27.